The number of nitrogens with zero attached hydrogens (tertiary/aromatic N) is 4. The molecule has 0 amide bonds. The van der Waals surface area contributed by atoms with Crippen LogP contribution >= 0.6 is 0 Å². The molecule has 0 saturated heterocycles. The van der Waals surface area contributed by atoms with Gasteiger partial charge in [0.25, 0.3) is 0 Å². The molecule has 5 rings (SSSR count). The summed E-state index contributed by atoms with van der Waals surface area (Å²) in [6.07, 6.45) is 2.09. The predicted molar refractivity (Wildman–Crippen MR) is 109 cm³/mol. The second-order valence-electron chi connectivity index (χ2n) is 7.30. The van der Waals surface area contributed by atoms with Gasteiger partial charge in [-0.05, 0) is 29.8 Å². The molecule has 31 heavy (non-hydrogen) atoms. The maximum Gasteiger partial charge on any atom is 0.387 e. The number of rotatable bonds is 6. The second-order valence-corrected chi connectivity index (χ2v) is 7.30. The Morgan fingerprint density at radius 2 is 1.81 bits per heavy atom. The van der Waals surface area contributed by atoms with Crippen LogP contribution in [0.5, 0.6) is 5.75 Å². The highest BCUT2D eigenvalue weighted by molar-refractivity contribution is 5.63. The number of hydrogen-bond acceptors (Lipinski definition) is 5. The van der Waals surface area contributed by atoms with Crippen molar-refractivity contribution in [2.75, 3.05) is 6.54 Å². The van der Waals surface area contributed by atoms with Gasteiger partial charge in [-0.3, -0.25) is 4.90 Å². The highest BCUT2D eigenvalue weighted by atomic mass is 19.3. The highest BCUT2D eigenvalue weighted by Gasteiger charge is 2.30. The quantitative estimate of drug-likeness (QED) is 0.449. The van der Waals surface area contributed by atoms with Gasteiger partial charge in [-0.2, -0.15) is 13.8 Å². The molecule has 0 spiro atoms. The molecule has 1 aliphatic rings. The van der Waals surface area contributed by atoms with Gasteiger partial charge in [0.2, 0.25) is 11.7 Å². The lowest BCUT2D eigenvalue weighted by molar-refractivity contribution is -0.0494. The van der Waals surface area contributed by atoms with Crippen molar-refractivity contribution in [3.05, 3.63) is 90.1 Å². The van der Waals surface area contributed by atoms with Crippen LogP contribution in [0.2, 0.25) is 0 Å². The molecule has 3 heterocycles. The molecule has 1 atom stereocenters. The zero-order valence-electron chi connectivity index (χ0n) is 16.6. The summed E-state index contributed by atoms with van der Waals surface area (Å²) in [5.41, 5.74) is 2.75. The molecule has 2 aromatic heterocycles. The van der Waals surface area contributed by atoms with Crippen LogP contribution in [0, 0.1) is 0 Å². The molecule has 0 aliphatic carbocycles. The Labute approximate surface area is 177 Å². The average molecular weight is 422 g/mol. The summed E-state index contributed by atoms with van der Waals surface area (Å²) in [6.45, 7) is -0.819. The van der Waals surface area contributed by atoms with E-state index < -0.39 is 6.61 Å². The van der Waals surface area contributed by atoms with E-state index in [1.165, 1.54) is 17.3 Å². The first-order valence-corrected chi connectivity index (χ1v) is 10.00. The summed E-state index contributed by atoms with van der Waals surface area (Å²) >= 11 is 0. The first-order chi connectivity index (χ1) is 15.2. The van der Waals surface area contributed by atoms with Crippen LogP contribution in [0.3, 0.4) is 0 Å². The Bertz CT molecular complexity index is 1160. The van der Waals surface area contributed by atoms with Crippen LogP contribution in [0.15, 0.2) is 77.4 Å². The number of aromatic nitrogens is 3. The first-order valence-electron chi connectivity index (χ1n) is 10.00. The number of hydrogen-bond donors (Lipinski definition) is 0. The van der Waals surface area contributed by atoms with Gasteiger partial charge in [0.1, 0.15) is 5.75 Å². The SMILES string of the molecule is FC(F)Oc1ccccc1-c1noc(CN2CCn3cccc3C2c2ccccc2)n1. The van der Waals surface area contributed by atoms with Crippen molar-refractivity contribution in [1.82, 2.24) is 19.6 Å². The van der Waals surface area contributed by atoms with E-state index in [4.69, 9.17) is 4.52 Å². The maximum absolute atomic E-state index is 12.7. The predicted octanol–water partition coefficient (Wildman–Crippen LogP) is 4.74. The van der Waals surface area contributed by atoms with E-state index in [-0.39, 0.29) is 17.6 Å². The molecule has 8 heteroatoms. The van der Waals surface area contributed by atoms with E-state index in [2.05, 4.69) is 54.8 Å². The van der Waals surface area contributed by atoms with Crippen LogP contribution in [0.1, 0.15) is 23.2 Å². The molecule has 0 saturated carbocycles. The highest BCUT2D eigenvalue weighted by Crippen LogP contribution is 2.34. The summed E-state index contributed by atoms with van der Waals surface area (Å²) in [5.74, 6) is 0.661. The molecule has 1 aliphatic heterocycles. The smallest absolute Gasteiger partial charge is 0.387 e. The number of ether oxygens (including phenoxy) is 1. The van der Waals surface area contributed by atoms with Gasteiger partial charge >= 0.3 is 6.61 Å². The minimum absolute atomic E-state index is 0.0165. The molecule has 6 nitrogen and oxygen atoms in total. The molecule has 0 fully saturated rings. The van der Waals surface area contributed by atoms with E-state index >= 15 is 0 Å². The molecule has 0 radical (unpaired) electrons. The Balaban J connectivity index is 1.43. The lowest BCUT2D eigenvalue weighted by Gasteiger charge is -2.36. The monoisotopic (exact) mass is 422 g/mol. The number of benzene rings is 2. The summed E-state index contributed by atoms with van der Waals surface area (Å²) in [4.78, 5) is 6.74. The van der Waals surface area contributed by atoms with Crippen LogP contribution < -0.4 is 4.74 Å². The summed E-state index contributed by atoms with van der Waals surface area (Å²) in [6, 6.07) is 20.9. The van der Waals surface area contributed by atoms with E-state index in [9.17, 15) is 8.78 Å². The first kappa shape index (κ1) is 19.4. The Morgan fingerprint density at radius 3 is 2.65 bits per heavy atom. The van der Waals surface area contributed by atoms with Crippen molar-refractivity contribution < 1.29 is 18.0 Å². The largest absolute Gasteiger partial charge is 0.434 e. The zero-order valence-corrected chi connectivity index (χ0v) is 16.6. The normalized spacial score (nSPS) is 16.4. The van der Waals surface area contributed by atoms with Crippen LogP contribution in [-0.2, 0) is 13.1 Å². The fraction of sp³-hybridized carbons (Fsp3) is 0.217. The van der Waals surface area contributed by atoms with Gasteiger partial charge in [0.05, 0.1) is 18.2 Å². The Morgan fingerprint density at radius 1 is 1.00 bits per heavy atom. The van der Waals surface area contributed by atoms with Gasteiger partial charge < -0.3 is 13.8 Å². The summed E-state index contributed by atoms with van der Waals surface area (Å²) in [7, 11) is 0. The Hall–Kier alpha value is -3.52. The third-order valence-corrected chi connectivity index (χ3v) is 5.40. The molecular weight excluding hydrogens is 402 g/mol. The standard InChI is InChI=1S/C23H20F2N4O2/c24-23(25)30-19-11-5-4-9-17(19)22-26-20(31-27-22)15-29-14-13-28-12-6-10-18(28)21(29)16-7-2-1-3-8-16/h1-12,21,23H,13-15H2. The molecule has 0 bridgehead atoms. The molecule has 2 aromatic carbocycles. The fourth-order valence-electron chi connectivity index (χ4n) is 4.07. The van der Waals surface area contributed by atoms with Gasteiger partial charge in [0.15, 0.2) is 0 Å². The average Bonchev–Trinajstić information content (AvgIpc) is 3.44. The van der Waals surface area contributed by atoms with Crippen LogP contribution in [0.4, 0.5) is 8.78 Å². The zero-order chi connectivity index (χ0) is 21.2. The molecule has 1 unspecified atom stereocenters. The minimum Gasteiger partial charge on any atom is -0.434 e. The number of halogens is 2. The Kier molecular flexibility index (Phi) is 5.21. The third-order valence-electron chi connectivity index (χ3n) is 5.40. The van der Waals surface area contributed by atoms with Gasteiger partial charge in [0, 0.05) is 25.0 Å². The number of fused-ring (bicyclic) bond motifs is 1. The minimum atomic E-state index is -2.93. The van der Waals surface area contributed by atoms with Crippen molar-refractivity contribution >= 4 is 0 Å². The van der Waals surface area contributed by atoms with E-state index in [0.717, 1.165) is 13.1 Å². The number of alkyl halides is 2. The van der Waals surface area contributed by atoms with E-state index in [1.54, 1.807) is 18.2 Å². The van der Waals surface area contributed by atoms with Crippen LogP contribution in [0.25, 0.3) is 11.4 Å². The van der Waals surface area contributed by atoms with Crippen molar-refractivity contribution in [2.45, 2.75) is 25.7 Å². The van der Waals surface area contributed by atoms with Crippen molar-refractivity contribution in [1.29, 1.82) is 0 Å². The van der Waals surface area contributed by atoms with Crippen molar-refractivity contribution in [3.8, 4) is 17.1 Å². The van der Waals surface area contributed by atoms with Crippen molar-refractivity contribution in [3.63, 3.8) is 0 Å². The van der Waals surface area contributed by atoms with Gasteiger partial charge in [-0.15, -0.1) is 0 Å². The molecule has 4 aromatic rings. The molecule has 0 N–H and O–H groups in total. The second kappa shape index (κ2) is 8.31. The third kappa shape index (κ3) is 3.94. The lowest BCUT2D eigenvalue weighted by Crippen LogP contribution is -2.38. The van der Waals surface area contributed by atoms with Crippen LogP contribution in [-0.4, -0.2) is 32.8 Å². The van der Waals surface area contributed by atoms with Crippen molar-refractivity contribution in [2.24, 2.45) is 0 Å². The lowest BCUT2D eigenvalue weighted by atomic mass is 10.00. The topological polar surface area (TPSA) is 56.3 Å². The molecular formula is C23H20F2N4O2. The van der Waals surface area contributed by atoms with Gasteiger partial charge in [-0.25, -0.2) is 0 Å². The summed E-state index contributed by atoms with van der Waals surface area (Å²) in [5, 5.41) is 4.01. The fourth-order valence-corrected chi connectivity index (χ4v) is 4.07. The maximum atomic E-state index is 12.7. The van der Waals surface area contributed by atoms with Gasteiger partial charge in [-0.1, -0.05) is 47.6 Å². The van der Waals surface area contributed by atoms with E-state index in [0.29, 0.717) is 18.0 Å². The molecule has 158 valence electrons. The number of para-hydroxylation sites is 1. The van der Waals surface area contributed by atoms with E-state index in [1.807, 2.05) is 18.2 Å². The summed E-state index contributed by atoms with van der Waals surface area (Å²) < 4.78 is 37.8.